The minimum absolute atomic E-state index is 0.394. The van der Waals surface area contributed by atoms with Crippen LogP contribution in [0.15, 0.2) is 30.3 Å². The second-order valence-electron chi connectivity index (χ2n) is 7.16. The van der Waals surface area contributed by atoms with Crippen LogP contribution in [0.2, 0.25) is 0 Å². The van der Waals surface area contributed by atoms with Crippen molar-refractivity contribution in [3.05, 3.63) is 47.2 Å². The second kappa shape index (κ2) is 10.4. The Morgan fingerprint density at radius 3 is 2.42 bits per heavy atom. The van der Waals surface area contributed by atoms with Gasteiger partial charge in [0.05, 0.1) is 25.5 Å². The highest BCUT2D eigenvalue weighted by Gasteiger charge is 2.22. The van der Waals surface area contributed by atoms with E-state index in [1.807, 2.05) is 6.92 Å². The highest BCUT2D eigenvalue weighted by molar-refractivity contribution is 7.80. The largest absolute Gasteiger partial charge is 0.480 e. The number of nitrogens with zero attached hydrogens (tertiary/aromatic N) is 3. The van der Waals surface area contributed by atoms with Crippen molar-refractivity contribution in [3.63, 3.8) is 0 Å². The van der Waals surface area contributed by atoms with Crippen LogP contribution in [0.1, 0.15) is 28.5 Å². The van der Waals surface area contributed by atoms with Crippen LogP contribution in [0.5, 0.6) is 5.88 Å². The smallest absolute Gasteiger partial charge is 0.339 e. The summed E-state index contributed by atoms with van der Waals surface area (Å²) in [4.78, 5) is 21.0. The van der Waals surface area contributed by atoms with Crippen LogP contribution in [-0.4, -0.2) is 61.4 Å². The van der Waals surface area contributed by atoms with Crippen molar-refractivity contribution < 1.29 is 14.3 Å². The summed E-state index contributed by atoms with van der Waals surface area (Å²) in [5.74, 6) is -0.0410. The van der Waals surface area contributed by atoms with E-state index in [0.717, 1.165) is 31.7 Å². The Morgan fingerprint density at radius 2 is 1.87 bits per heavy atom. The highest BCUT2D eigenvalue weighted by Crippen LogP contribution is 2.27. The molecule has 1 aliphatic rings. The molecule has 1 aromatic heterocycles. The summed E-state index contributed by atoms with van der Waals surface area (Å²) < 4.78 is 10.3. The fourth-order valence-electron chi connectivity index (χ4n) is 3.54. The lowest BCUT2D eigenvalue weighted by Crippen LogP contribution is -2.50. The Kier molecular flexibility index (Phi) is 7.64. The quantitative estimate of drug-likeness (QED) is 0.516. The van der Waals surface area contributed by atoms with E-state index < -0.39 is 5.97 Å². The van der Waals surface area contributed by atoms with Gasteiger partial charge in [0, 0.05) is 38.4 Å². The Balaban J connectivity index is 1.68. The van der Waals surface area contributed by atoms with Gasteiger partial charge < -0.3 is 30.3 Å². The van der Waals surface area contributed by atoms with Crippen molar-refractivity contribution in [1.82, 2.24) is 9.88 Å². The number of carbonyl (C=O) groups excluding carboxylic acids is 1. The number of rotatable bonds is 6. The van der Waals surface area contributed by atoms with E-state index in [1.54, 1.807) is 13.2 Å². The maximum atomic E-state index is 12.2. The molecular weight excluding hydrogens is 414 g/mol. The molecule has 31 heavy (non-hydrogen) atoms. The number of piperazine rings is 1. The molecule has 3 N–H and O–H groups in total. The Hall–Kier alpha value is -2.91. The minimum atomic E-state index is -0.435. The fraction of sp³-hybridized carbons (Fsp3) is 0.409. The molecule has 166 valence electrons. The van der Waals surface area contributed by atoms with Crippen LogP contribution < -0.4 is 20.7 Å². The summed E-state index contributed by atoms with van der Waals surface area (Å²) in [6, 6.07) is 10.0. The maximum absolute atomic E-state index is 12.2. The van der Waals surface area contributed by atoms with Gasteiger partial charge in [-0.25, -0.2) is 9.78 Å². The van der Waals surface area contributed by atoms with Gasteiger partial charge in [0.15, 0.2) is 5.11 Å². The van der Waals surface area contributed by atoms with Gasteiger partial charge in [-0.3, -0.25) is 0 Å². The van der Waals surface area contributed by atoms with Gasteiger partial charge in [0.25, 0.3) is 0 Å². The maximum Gasteiger partial charge on any atom is 0.339 e. The van der Waals surface area contributed by atoms with Crippen LogP contribution >= 0.6 is 12.2 Å². The van der Waals surface area contributed by atoms with E-state index in [9.17, 15) is 4.79 Å². The van der Waals surface area contributed by atoms with Crippen LogP contribution in [0.25, 0.3) is 0 Å². The van der Waals surface area contributed by atoms with Crippen LogP contribution in [-0.2, 0) is 17.7 Å². The Morgan fingerprint density at radius 1 is 1.19 bits per heavy atom. The molecule has 0 saturated carbocycles. The second-order valence-corrected chi connectivity index (χ2v) is 7.55. The molecule has 0 atom stereocenters. The number of hydrogen-bond acceptors (Lipinski definition) is 7. The Bertz CT molecular complexity index is 927. The number of thiocarbonyl (C=S) groups is 1. The number of nitrogens with two attached hydrogens (primary N) is 1. The zero-order valence-corrected chi connectivity index (χ0v) is 19.0. The van der Waals surface area contributed by atoms with Gasteiger partial charge in [-0.2, -0.15) is 0 Å². The van der Waals surface area contributed by atoms with Crippen molar-refractivity contribution in [1.29, 1.82) is 0 Å². The molecule has 1 fully saturated rings. The third kappa shape index (κ3) is 5.23. The lowest BCUT2D eigenvalue weighted by Gasteiger charge is -2.37. The van der Waals surface area contributed by atoms with E-state index in [-0.39, 0.29) is 0 Å². The van der Waals surface area contributed by atoms with Crippen LogP contribution in [0.4, 0.5) is 11.4 Å². The van der Waals surface area contributed by atoms with Gasteiger partial charge in [0.2, 0.25) is 5.88 Å². The molecule has 0 bridgehead atoms. The van der Waals surface area contributed by atoms with Gasteiger partial charge in [-0.05, 0) is 42.4 Å². The summed E-state index contributed by atoms with van der Waals surface area (Å²) in [6.07, 6.45) is 0.583. The molecule has 2 aromatic rings. The number of esters is 1. The van der Waals surface area contributed by atoms with Gasteiger partial charge in [-0.15, -0.1) is 0 Å². The SMILES string of the molecule is CCc1nc(OC)c(NC(=S)N2CCN(c3ccc(CN)cc3)CC2)cc1C(=O)OC. The van der Waals surface area contributed by atoms with Gasteiger partial charge in [-0.1, -0.05) is 19.1 Å². The summed E-state index contributed by atoms with van der Waals surface area (Å²) >= 11 is 5.63. The van der Waals surface area contributed by atoms with E-state index >= 15 is 0 Å². The number of nitrogens with one attached hydrogen (secondary N) is 1. The number of carbonyl (C=O) groups is 1. The molecule has 8 nitrogen and oxygen atoms in total. The fourth-order valence-corrected chi connectivity index (χ4v) is 3.83. The standard InChI is InChI=1S/C22H29N5O3S/c1-4-18-17(21(28)30-3)13-19(20(24-18)29-2)25-22(31)27-11-9-26(10-12-27)16-7-5-15(14-23)6-8-16/h5-8,13H,4,9-12,14,23H2,1-3H3,(H,25,31). The molecular formula is C22H29N5O3S. The number of aryl methyl sites for hydroxylation is 1. The van der Waals surface area contributed by atoms with Gasteiger partial charge >= 0.3 is 5.97 Å². The monoisotopic (exact) mass is 443 g/mol. The Labute approximate surface area is 188 Å². The number of pyridine rings is 1. The molecule has 9 heteroatoms. The number of aromatic nitrogens is 1. The molecule has 0 unspecified atom stereocenters. The average molecular weight is 444 g/mol. The number of ether oxygens (including phenoxy) is 2. The third-order valence-corrected chi connectivity index (χ3v) is 5.71. The van der Waals surface area contributed by atoms with Crippen molar-refractivity contribution in [2.24, 2.45) is 5.73 Å². The van der Waals surface area contributed by atoms with Crippen molar-refractivity contribution in [3.8, 4) is 5.88 Å². The zero-order valence-electron chi connectivity index (χ0n) is 18.2. The van der Waals surface area contributed by atoms with Crippen LogP contribution in [0.3, 0.4) is 0 Å². The van der Waals surface area contributed by atoms with Crippen molar-refractivity contribution in [2.75, 3.05) is 50.6 Å². The summed E-state index contributed by atoms with van der Waals surface area (Å²) in [5.41, 5.74) is 9.55. The van der Waals surface area contributed by atoms with Crippen molar-refractivity contribution in [2.45, 2.75) is 19.9 Å². The number of anilines is 2. The first-order valence-corrected chi connectivity index (χ1v) is 10.7. The molecule has 0 aliphatic carbocycles. The minimum Gasteiger partial charge on any atom is -0.480 e. The summed E-state index contributed by atoms with van der Waals surface area (Å²) in [5, 5.41) is 3.77. The molecule has 3 rings (SSSR count). The van der Waals surface area contributed by atoms with E-state index in [2.05, 4.69) is 44.4 Å². The molecule has 1 aliphatic heterocycles. The number of benzene rings is 1. The lowest BCUT2D eigenvalue weighted by atomic mass is 10.1. The lowest BCUT2D eigenvalue weighted by molar-refractivity contribution is 0.0599. The summed E-state index contributed by atoms with van der Waals surface area (Å²) in [7, 11) is 2.90. The van der Waals surface area contributed by atoms with E-state index in [0.29, 0.717) is 40.9 Å². The first kappa shape index (κ1) is 22.8. The van der Waals surface area contributed by atoms with E-state index in [4.69, 9.17) is 27.4 Å². The predicted molar refractivity (Wildman–Crippen MR) is 126 cm³/mol. The number of hydrogen-bond donors (Lipinski definition) is 2. The number of methoxy groups -OCH3 is 2. The predicted octanol–water partition coefficient (Wildman–Crippen LogP) is 2.42. The molecule has 1 saturated heterocycles. The zero-order chi connectivity index (χ0) is 22.4. The van der Waals surface area contributed by atoms with Crippen molar-refractivity contribution >= 4 is 34.7 Å². The average Bonchev–Trinajstić information content (AvgIpc) is 2.83. The normalized spacial score (nSPS) is 13.7. The molecule has 0 spiro atoms. The molecule has 2 heterocycles. The first-order valence-electron chi connectivity index (χ1n) is 10.3. The highest BCUT2D eigenvalue weighted by atomic mass is 32.1. The summed E-state index contributed by atoms with van der Waals surface area (Å²) in [6.45, 7) is 5.72. The van der Waals surface area contributed by atoms with Gasteiger partial charge in [0.1, 0.15) is 5.69 Å². The first-order chi connectivity index (χ1) is 15.0. The third-order valence-electron chi connectivity index (χ3n) is 5.35. The van der Waals surface area contributed by atoms with Crippen LogP contribution in [0, 0.1) is 0 Å². The molecule has 1 aromatic carbocycles. The molecule has 0 amide bonds. The molecule has 0 radical (unpaired) electrons. The van der Waals surface area contributed by atoms with E-state index in [1.165, 1.54) is 12.8 Å². The topological polar surface area (TPSA) is 93.0 Å².